The van der Waals surface area contributed by atoms with Gasteiger partial charge in [-0.05, 0) is 52.2 Å². The topological polar surface area (TPSA) is 15.3 Å². The van der Waals surface area contributed by atoms with Crippen molar-refractivity contribution in [2.45, 2.75) is 90.1 Å². The zero-order valence-electron chi connectivity index (χ0n) is 13.6. The molecular weight excluding hydrogens is 232 g/mol. The van der Waals surface area contributed by atoms with E-state index in [1.807, 2.05) is 0 Å². The van der Waals surface area contributed by atoms with Crippen LogP contribution in [-0.2, 0) is 0 Å². The summed E-state index contributed by atoms with van der Waals surface area (Å²) in [5.41, 5.74) is 0. The average molecular weight is 268 g/mol. The highest BCUT2D eigenvalue weighted by molar-refractivity contribution is 4.81. The van der Waals surface area contributed by atoms with Crippen LogP contribution in [0.2, 0.25) is 0 Å². The molecule has 0 unspecified atom stereocenters. The summed E-state index contributed by atoms with van der Waals surface area (Å²) in [6.45, 7) is 6.94. The number of nitrogens with one attached hydrogen (secondary N) is 1. The van der Waals surface area contributed by atoms with E-state index in [-0.39, 0.29) is 0 Å². The summed E-state index contributed by atoms with van der Waals surface area (Å²) in [6, 6.07) is 1.65. The van der Waals surface area contributed by atoms with Gasteiger partial charge in [-0.3, -0.25) is 0 Å². The second-order valence-corrected chi connectivity index (χ2v) is 6.31. The Hall–Kier alpha value is -0.0800. The van der Waals surface area contributed by atoms with Gasteiger partial charge in [0.1, 0.15) is 0 Å². The Kier molecular flexibility index (Phi) is 9.54. The molecule has 1 aliphatic carbocycles. The summed E-state index contributed by atoms with van der Waals surface area (Å²) in [7, 11) is 2.34. The first kappa shape index (κ1) is 17.0. The third-order valence-corrected chi connectivity index (χ3v) is 4.68. The van der Waals surface area contributed by atoms with E-state index >= 15 is 0 Å². The van der Waals surface area contributed by atoms with Crippen LogP contribution in [-0.4, -0.2) is 37.1 Å². The van der Waals surface area contributed by atoms with Gasteiger partial charge in [0.2, 0.25) is 0 Å². The molecule has 0 aromatic rings. The molecule has 0 spiro atoms. The van der Waals surface area contributed by atoms with Crippen LogP contribution in [0.3, 0.4) is 0 Å². The minimum Gasteiger partial charge on any atom is -0.314 e. The molecule has 0 aromatic carbocycles. The van der Waals surface area contributed by atoms with E-state index in [1.54, 1.807) is 0 Å². The molecular formula is C17H36N2. The van der Waals surface area contributed by atoms with Gasteiger partial charge in [0.15, 0.2) is 0 Å². The lowest BCUT2D eigenvalue weighted by Crippen LogP contribution is -2.41. The van der Waals surface area contributed by atoms with Gasteiger partial charge in [0.25, 0.3) is 0 Å². The standard InChI is InChI=1S/C17H36N2/c1-4-6-7-8-9-10-15-19(3)17-13-11-16(12-14-17)18-5-2/h16-18H,4-15H2,1-3H3. The van der Waals surface area contributed by atoms with Gasteiger partial charge in [-0.15, -0.1) is 0 Å². The molecule has 2 nitrogen and oxygen atoms in total. The van der Waals surface area contributed by atoms with Crippen LogP contribution in [0.15, 0.2) is 0 Å². The van der Waals surface area contributed by atoms with E-state index in [9.17, 15) is 0 Å². The van der Waals surface area contributed by atoms with Crippen molar-refractivity contribution in [3.63, 3.8) is 0 Å². The fraction of sp³-hybridized carbons (Fsp3) is 1.00. The Morgan fingerprint density at radius 2 is 1.53 bits per heavy atom. The van der Waals surface area contributed by atoms with Crippen molar-refractivity contribution < 1.29 is 0 Å². The monoisotopic (exact) mass is 268 g/mol. The molecule has 114 valence electrons. The third kappa shape index (κ3) is 7.31. The van der Waals surface area contributed by atoms with Crippen molar-refractivity contribution in [2.75, 3.05) is 20.1 Å². The fourth-order valence-corrected chi connectivity index (χ4v) is 3.33. The molecule has 1 aliphatic rings. The van der Waals surface area contributed by atoms with Crippen LogP contribution in [0.25, 0.3) is 0 Å². The van der Waals surface area contributed by atoms with Crippen molar-refractivity contribution in [1.82, 2.24) is 10.2 Å². The molecule has 0 saturated heterocycles. The lowest BCUT2D eigenvalue weighted by Gasteiger charge is -2.35. The average Bonchev–Trinajstić information content (AvgIpc) is 2.43. The zero-order chi connectivity index (χ0) is 13.9. The molecule has 1 saturated carbocycles. The molecule has 2 heteroatoms. The van der Waals surface area contributed by atoms with Gasteiger partial charge in [0, 0.05) is 12.1 Å². The smallest absolute Gasteiger partial charge is 0.00933 e. The van der Waals surface area contributed by atoms with E-state index in [0.29, 0.717) is 0 Å². The van der Waals surface area contributed by atoms with Crippen LogP contribution in [0.4, 0.5) is 0 Å². The van der Waals surface area contributed by atoms with Gasteiger partial charge < -0.3 is 10.2 Å². The van der Waals surface area contributed by atoms with E-state index in [0.717, 1.165) is 18.6 Å². The largest absolute Gasteiger partial charge is 0.314 e. The van der Waals surface area contributed by atoms with Crippen LogP contribution in [0.1, 0.15) is 78.1 Å². The summed E-state index contributed by atoms with van der Waals surface area (Å²) in [4.78, 5) is 2.63. The van der Waals surface area contributed by atoms with E-state index < -0.39 is 0 Å². The summed E-state index contributed by atoms with van der Waals surface area (Å²) >= 11 is 0. The molecule has 0 amide bonds. The van der Waals surface area contributed by atoms with Crippen LogP contribution >= 0.6 is 0 Å². The first-order chi connectivity index (χ1) is 9.27. The molecule has 0 bridgehead atoms. The second kappa shape index (κ2) is 10.7. The fourth-order valence-electron chi connectivity index (χ4n) is 3.33. The molecule has 0 aromatic heterocycles. The minimum absolute atomic E-state index is 0.795. The van der Waals surface area contributed by atoms with Gasteiger partial charge in [-0.25, -0.2) is 0 Å². The first-order valence-corrected chi connectivity index (χ1v) is 8.71. The maximum absolute atomic E-state index is 3.60. The lowest BCUT2D eigenvalue weighted by atomic mass is 9.90. The zero-order valence-corrected chi connectivity index (χ0v) is 13.6. The van der Waals surface area contributed by atoms with Gasteiger partial charge in [0.05, 0.1) is 0 Å². The highest BCUT2D eigenvalue weighted by atomic mass is 15.1. The highest BCUT2D eigenvalue weighted by Gasteiger charge is 2.22. The van der Waals surface area contributed by atoms with Crippen LogP contribution in [0, 0.1) is 0 Å². The van der Waals surface area contributed by atoms with Gasteiger partial charge >= 0.3 is 0 Å². The van der Waals surface area contributed by atoms with E-state index in [2.05, 4.69) is 31.1 Å². The van der Waals surface area contributed by atoms with Crippen molar-refractivity contribution >= 4 is 0 Å². The van der Waals surface area contributed by atoms with E-state index in [1.165, 1.54) is 70.8 Å². The Morgan fingerprint density at radius 1 is 0.895 bits per heavy atom. The Morgan fingerprint density at radius 3 is 2.16 bits per heavy atom. The maximum atomic E-state index is 3.60. The number of rotatable bonds is 10. The van der Waals surface area contributed by atoms with Crippen LogP contribution < -0.4 is 5.32 Å². The number of hydrogen-bond acceptors (Lipinski definition) is 2. The maximum Gasteiger partial charge on any atom is 0.00933 e. The number of nitrogens with zero attached hydrogens (tertiary/aromatic N) is 1. The first-order valence-electron chi connectivity index (χ1n) is 8.71. The summed E-state index contributed by atoms with van der Waals surface area (Å²) < 4.78 is 0. The van der Waals surface area contributed by atoms with Crippen molar-refractivity contribution in [2.24, 2.45) is 0 Å². The quantitative estimate of drug-likeness (QED) is 0.597. The Labute approximate surface area is 121 Å². The molecule has 0 aliphatic heterocycles. The molecule has 1 N–H and O–H groups in total. The molecule has 1 fully saturated rings. The highest BCUT2D eigenvalue weighted by Crippen LogP contribution is 2.22. The van der Waals surface area contributed by atoms with Crippen LogP contribution in [0.5, 0.6) is 0 Å². The predicted octanol–water partition coefficient (Wildman–Crippen LogP) is 4.20. The summed E-state index contributed by atoms with van der Waals surface area (Å²) in [5.74, 6) is 0. The van der Waals surface area contributed by atoms with E-state index in [4.69, 9.17) is 0 Å². The van der Waals surface area contributed by atoms with Crippen molar-refractivity contribution in [3.05, 3.63) is 0 Å². The Bertz CT molecular complexity index is 197. The van der Waals surface area contributed by atoms with Gasteiger partial charge in [-0.1, -0.05) is 46.0 Å². The van der Waals surface area contributed by atoms with Crippen molar-refractivity contribution in [1.29, 1.82) is 0 Å². The van der Waals surface area contributed by atoms with Gasteiger partial charge in [-0.2, -0.15) is 0 Å². The number of hydrogen-bond donors (Lipinski definition) is 1. The Balaban J connectivity index is 2.02. The SMILES string of the molecule is CCCCCCCCN(C)C1CCC(NCC)CC1. The van der Waals surface area contributed by atoms with Crippen molar-refractivity contribution in [3.8, 4) is 0 Å². The third-order valence-electron chi connectivity index (χ3n) is 4.68. The molecule has 0 radical (unpaired) electrons. The minimum atomic E-state index is 0.795. The molecule has 0 heterocycles. The second-order valence-electron chi connectivity index (χ2n) is 6.31. The normalized spacial score (nSPS) is 24.0. The molecule has 0 atom stereocenters. The molecule has 19 heavy (non-hydrogen) atoms. The molecule has 1 rings (SSSR count). The summed E-state index contributed by atoms with van der Waals surface area (Å²) in [6.07, 6.45) is 14.0. The lowest BCUT2D eigenvalue weighted by molar-refractivity contribution is 0.172. The summed E-state index contributed by atoms with van der Waals surface area (Å²) in [5, 5.41) is 3.60. The predicted molar refractivity (Wildman–Crippen MR) is 85.7 cm³/mol. The number of unbranched alkanes of at least 4 members (excludes halogenated alkanes) is 5.